The van der Waals surface area contributed by atoms with Gasteiger partial charge in [-0.15, -0.1) is 0 Å². The number of fused-ring (bicyclic) bond motifs is 1. The van der Waals surface area contributed by atoms with Gasteiger partial charge in [-0.2, -0.15) is 0 Å². The first-order valence-corrected chi connectivity index (χ1v) is 9.29. The molecule has 0 spiro atoms. The predicted molar refractivity (Wildman–Crippen MR) is 101 cm³/mol. The minimum absolute atomic E-state index is 0.252. The minimum Gasteiger partial charge on any atom is -0.379 e. The molecular weight excluding hydrogens is 358 g/mol. The fourth-order valence-corrected chi connectivity index (χ4v) is 3.54. The summed E-state index contributed by atoms with van der Waals surface area (Å²) in [5, 5.41) is 1.77. The minimum atomic E-state index is -0.933. The van der Waals surface area contributed by atoms with E-state index in [1.54, 1.807) is 29.3 Å². The quantitative estimate of drug-likeness (QED) is 0.792. The largest absolute Gasteiger partial charge is 0.379 e. The lowest BCUT2D eigenvalue weighted by Gasteiger charge is -2.31. The zero-order valence-corrected chi connectivity index (χ0v) is 15.3. The number of nitrogens with one attached hydrogen (secondary N) is 1. The van der Waals surface area contributed by atoms with Gasteiger partial charge in [0.15, 0.2) is 0 Å². The van der Waals surface area contributed by atoms with Gasteiger partial charge in [0.25, 0.3) is 17.7 Å². The third-order valence-corrected chi connectivity index (χ3v) is 4.99. The monoisotopic (exact) mass is 379 g/mol. The van der Waals surface area contributed by atoms with Crippen molar-refractivity contribution in [3.63, 3.8) is 0 Å². The van der Waals surface area contributed by atoms with Crippen molar-refractivity contribution in [3.05, 3.63) is 71.3 Å². The summed E-state index contributed by atoms with van der Waals surface area (Å²) in [7, 11) is 0. The fourth-order valence-electron chi connectivity index (χ4n) is 3.54. The molecule has 144 valence electrons. The highest BCUT2D eigenvalue weighted by Gasteiger charge is 2.43. The number of hydrazine groups is 1. The van der Waals surface area contributed by atoms with Crippen LogP contribution in [-0.2, 0) is 16.0 Å². The Hall–Kier alpha value is -3.03. The Morgan fingerprint density at radius 3 is 2.11 bits per heavy atom. The number of nitrogens with zero attached hydrogens (tertiary/aromatic N) is 2. The molecule has 2 aromatic carbocycles. The summed E-state index contributed by atoms with van der Waals surface area (Å²) in [5.41, 5.74) is 4.40. The molecule has 0 unspecified atom stereocenters. The van der Waals surface area contributed by atoms with Crippen molar-refractivity contribution in [3.8, 4) is 0 Å². The number of hydrogen-bond donors (Lipinski definition) is 1. The first-order chi connectivity index (χ1) is 13.6. The molecule has 2 aromatic rings. The van der Waals surface area contributed by atoms with Crippen LogP contribution in [0.25, 0.3) is 0 Å². The summed E-state index contributed by atoms with van der Waals surface area (Å²) in [6, 6.07) is 15.1. The summed E-state index contributed by atoms with van der Waals surface area (Å²) < 4.78 is 5.30. The molecule has 1 saturated heterocycles. The summed E-state index contributed by atoms with van der Waals surface area (Å²) >= 11 is 0. The van der Waals surface area contributed by atoms with Crippen molar-refractivity contribution >= 4 is 17.7 Å². The lowest BCUT2D eigenvalue weighted by molar-refractivity contribution is -0.132. The first kappa shape index (κ1) is 18.3. The summed E-state index contributed by atoms with van der Waals surface area (Å²) in [5.74, 6) is -1.24. The molecule has 0 aliphatic carbocycles. The van der Waals surface area contributed by atoms with E-state index in [9.17, 15) is 14.4 Å². The Balaban J connectivity index is 1.62. The van der Waals surface area contributed by atoms with Crippen LogP contribution in [0.2, 0.25) is 0 Å². The highest BCUT2D eigenvalue weighted by Crippen LogP contribution is 2.26. The normalized spacial score (nSPS) is 18.1. The molecule has 7 nitrogen and oxygen atoms in total. The van der Waals surface area contributed by atoms with Crippen LogP contribution in [0.4, 0.5) is 0 Å². The second kappa shape index (κ2) is 7.92. The molecule has 28 heavy (non-hydrogen) atoms. The van der Waals surface area contributed by atoms with Crippen molar-refractivity contribution in [2.24, 2.45) is 0 Å². The van der Waals surface area contributed by atoms with E-state index in [4.69, 9.17) is 4.74 Å². The van der Waals surface area contributed by atoms with Gasteiger partial charge >= 0.3 is 0 Å². The van der Waals surface area contributed by atoms with Crippen LogP contribution >= 0.6 is 0 Å². The number of carbonyl (C=O) groups is 3. The summed E-state index contributed by atoms with van der Waals surface area (Å²) in [6.45, 7) is 2.17. The Kier molecular flexibility index (Phi) is 5.18. The van der Waals surface area contributed by atoms with E-state index in [1.807, 2.05) is 30.3 Å². The third-order valence-electron chi connectivity index (χ3n) is 4.99. The lowest BCUT2D eigenvalue weighted by atomic mass is 10.0. The molecule has 4 rings (SSSR count). The number of hydrogen-bond acceptors (Lipinski definition) is 5. The van der Waals surface area contributed by atoms with Crippen LogP contribution in [-0.4, -0.2) is 60.0 Å². The second-order valence-corrected chi connectivity index (χ2v) is 6.81. The first-order valence-electron chi connectivity index (χ1n) is 9.29. The van der Waals surface area contributed by atoms with E-state index in [-0.39, 0.29) is 12.3 Å². The van der Waals surface area contributed by atoms with Crippen molar-refractivity contribution in [1.29, 1.82) is 0 Å². The molecule has 0 aromatic heterocycles. The van der Waals surface area contributed by atoms with Crippen LogP contribution in [0.3, 0.4) is 0 Å². The number of ether oxygens (including phenoxy) is 1. The van der Waals surface area contributed by atoms with Gasteiger partial charge in [0.1, 0.15) is 6.04 Å². The molecule has 0 bridgehead atoms. The molecular formula is C21H21N3O4. The van der Waals surface area contributed by atoms with Crippen molar-refractivity contribution in [1.82, 2.24) is 15.3 Å². The molecule has 0 saturated carbocycles. The predicted octanol–water partition coefficient (Wildman–Crippen LogP) is 1.26. The average molecular weight is 379 g/mol. The Bertz CT molecular complexity index is 859. The zero-order valence-electron chi connectivity index (χ0n) is 15.3. The van der Waals surface area contributed by atoms with Crippen molar-refractivity contribution in [2.45, 2.75) is 12.5 Å². The van der Waals surface area contributed by atoms with Gasteiger partial charge in [-0.1, -0.05) is 42.5 Å². The number of imide groups is 1. The van der Waals surface area contributed by atoms with Crippen LogP contribution < -0.4 is 5.43 Å². The van der Waals surface area contributed by atoms with E-state index in [0.717, 1.165) is 10.5 Å². The van der Waals surface area contributed by atoms with Gasteiger partial charge in [0.05, 0.1) is 24.3 Å². The number of amides is 3. The maximum atomic E-state index is 13.1. The molecule has 1 N–H and O–H groups in total. The number of rotatable bonds is 5. The molecule has 2 aliphatic heterocycles. The Labute approximate surface area is 162 Å². The fraction of sp³-hybridized carbons (Fsp3) is 0.286. The zero-order chi connectivity index (χ0) is 19.5. The van der Waals surface area contributed by atoms with E-state index >= 15 is 0 Å². The van der Waals surface area contributed by atoms with E-state index < -0.39 is 17.9 Å². The van der Waals surface area contributed by atoms with Gasteiger partial charge in [0, 0.05) is 19.5 Å². The van der Waals surface area contributed by atoms with E-state index in [2.05, 4.69) is 5.43 Å². The van der Waals surface area contributed by atoms with Crippen LogP contribution in [0, 0.1) is 0 Å². The van der Waals surface area contributed by atoms with Gasteiger partial charge in [-0.25, -0.2) is 5.01 Å². The molecule has 2 aliphatic rings. The lowest BCUT2D eigenvalue weighted by Crippen LogP contribution is -2.56. The summed E-state index contributed by atoms with van der Waals surface area (Å²) in [4.78, 5) is 40.0. The maximum absolute atomic E-state index is 13.1. The summed E-state index contributed by atoms with van der Waals surface area (Å²) in [6.07, 6.45) is 0.252. The number of carbonyl (C=O) groups excluding carboxylic acids is 3. The van der Waals surface area contributed by atoms with Crippen LogP contribution in [0.5, 0.6) is 0 Å². The second-order valence-electron chi connectivity index (χ2n) is 6.81. The van der Waals surface area contributed by atoms with E-state index in [0.29, 0.717) is 37.4 Å². The molecule has 0 radical (unpaired) electrons. The molecule has 2 heterocycles. The Morgan fingerprint density at radius 1 is 0.929 bits per heavy atom. The molecule has 1 atom stereocenters. The average Bonchev–Trinajstić information content (AvgIpc) is 2.98. The smallest absolute Gasteiger partial charge is 0.262 e. The van der Waals surface area contributed by atoms with Gasteiger partial charge < -0.3 is 4.74 Å². The number of benzene rings is 2. The highest BCUT2D eigenvalue weighted by atomic mass is 16.5. The maximum Gasteiger partial charge on any atom is 0.262 e. The highest BCUT2D eigenvalue weighted by molar-refractivity contribution is 6.22. The van der Waals surface area contributed by atoms with Crippen LogP contribution in [0.1, 0.15) is 26.3 Å². The number of morpholine rings is 1. The topological polar surface area (TPSA) is 79.0 Å². The van der Waals surface area contributed by atoms with Gasteiger partial charge in [0.2, 0.25) is 0 Å². The van der Waals surface area contributed by atoms with Gasteiger partial charge in [-0.3, -0.25) is 24.7 Å². The van der Waals surface area contributed by atoms with E-state index in [1.165, 1.54) is 0 Å². The molecule has 3 amide bonds. The Morgan fingerprint density at radius 2 is 1.50 bits per heavy atom. The van der Waals surface area contributed by atoms with Gasteiger partial charge in [-0.05, 0) is 17.7 Å². The van der Waals surface area contributed by atoms with Crippen molar-refractivity contribution < 1.29 is 19.1 Å². The SMILES string of the molecule is O=C(NN1CCOCC1)[C@@H](Cc1ccccc1)N1C(=O)c2ccccc2C1=O. The molecule has 7 heteroatoms. The molecule has 1 fully saturated rings. The standard InChI is InChI=1S/C21H21N3O4/c25-19(22-23-10-12-28-13-11-23)18(14-15-6-2-1-3-7-15)24-20(26)16-8-4-5-9-17(16)21(24)27/h1-9,18H,10-14H2,(H,22,25)/t18-/m1/s1. The van der Waals surface area contributed by atoms with Crippen molar-refractivity contribution in [2.75, 3.05) is 26.3 Å². The third kappa shape index (κ3) is 3.54. The van der Waals surface area contributed by atoms with Crippen LogP contribution in [0.15, 0.2) is 54.6 Å².